The van der Waals surface area contributed by atoms with Crippen LogP contribution in [0.4, 0.5) is 5.69 Å². The Balaban J connectivity index is 2.35. The summed E-state index contributed by atoms with van der Waals surface area (Å²) >= 11 is 0. The number of ether oxygens (including phenoxy) is 1. The number of hydrogen-bond donors (Lipinski definition) is 3. The van der Waals surface area contributed by atoms with Crippen LogP contribution in [0.2, 0.25) is 0 Å². The molecule has 0 aliphatic heterocycles. The molecule has 0 heterocycles. The summed E-state index contributed by atoms with van der Waals surface area (Å²) in [6, 6.07) is 7.34. The summed E-state index contributed by atoms with van der Waals surface area (Å²) in [6.07, 6.45) is 1.27. The van der Waals surface area contributed by atoms with Crippen LogP contribution in [0.25, 0.3) is 0 Å². The molecule has 0 spiro atoms. The van der Waals surface area contributed by atoms with E-state index in [4.69, 9.17) is 10.5 Å². The lowest BCUT2D eigenvalue weighted by molar-refractivity contribution is -0.120. The number of guanidine groups is 1. The van der Waals surface area contributed by atoms with E-state index in [2.05, 4.69) is 15.6 Å². The topological polar surface area (TPSA) is 88.7 Å². The predicted octanol–water partition coefficient (Wildman–Crippen LogP) is 1.34. The number of rotatable bonds is 7. The van der Waals surface area contributed by atoms with Gasteiger partial charge in [0.05, 0.1) is 13.7 Å². The van der Waals surface area contributed by atoms with Gasteiger partial charge in [-0.15, -0.1) is 0 Å². The lowest BCUT2D eigenvalue weighted by atomic mass is 10.3. The minimum absolute atomic E-state index is 0.00662. The Morgan fingerprint density at radius 3 is 2.65 bits per heavy atom. The summed E-state index contributed by atoms with van der Waals surface area (Å²) in [5, 5.41) is 5.74. The molecular weight excluding hydrogens is 256 g/mol. The Morgan fingerprint density at radius 2 is 2.05 bits per heavy atom. The maximum atomic E-state index is 11.4. The van der Waals surface area contributed by atoms with Crippen molar-refractivity contribution in [3.63, 3.8) is 0 Å². The summed E-state index contributed by atoms with van der Waals surface area (Å²) in [5.74, 6) is 1.06. The number of methoxy groups -OCH3 is 1. The highest BCUT2D eigenvalue weighted by atomic mass is 16.5. The maximum Gasteiger partial charge on any atom is 0.221 e. The Kier molecular flexibility index (Phi) is 6.95. The van der Waals surface area contributed by atoms with Crippen molar-refractivity contribution in [3.05, 3.63) is 24.3 Å². The Hall–Kier alpha value is -2.24. The highest BCUT2D eigenvalue weighted by molar-refractivity contribution is 5.92. The number of anilines is 1. The van der Waals surface area contributed by atoms with Gasteiger partial charge < -0.3 is 21.1 Å². The minimum Gasteiger partial charge on any atom is -0.497 e. The van der Waals surface area contributed by atoms with Crippen molar-refractivity contribution < 1.29 is 9.53 Å². The monoisotopic (exact) mass is 278 g/mol. The Labute approximate surface area is 119 Å². The van der Waals surface area contributed by atoms with Gasteiger partial charge in [-0.05, 0) is 30.7 Å². The zero-order valence-electron chi connectivity index (χ0n) is 12.0. The van der Waals surface area contributed by atoms with Crippen LogP contribution in [0, 0.1) is 0 Å². The number of amides is 1. The second-order valence-electron chi connectivity index (χ2n) is 4.22. The fourth-order valence-electron chi connectivity index (χ4n) is 1.49. The average molecular weight is 278 g/mol. The van der Waals surface area contributed by atoms with Crippen LogP contribution < -0.4 is 21.1 Å². The molecule has 20 heavy (non-hydrogen) atoms. The zero-order valence-corrected chi connectivity index (χ0v) is 12.0. The summed E-state index contributed by atoms with van der Waals surface area (Å²) in [4.78, 5) is 15.5. The van der Waals surface area contributed by atoms with Crippen molar-refractivity contribution in [2.45, 2.75) is 19.8 Å². The van der Waals surface area contributed by atoms with Gasteiger partial charge in [0.1, 0.15) is 5.75 Å². The molecule has 0 aliphatic rings. The van der Waals surface area contributed by atoms with E-state index in [-0.39, 0.29) is 5.91 Å². The molecule has 0 aliphatic carbocycles. The first kappa shape index (κ1) is 15.8. The maximum absolute atomic E-state index is 11.4. The fourth-order valence-corrected chi connectivity index (χ4v) is 1.49. The SMILES string of the molecule is CCCNC(=O)CCN=C(N)Nc1ccc(OC)cc1. The summed E-state index contributed by atoms with van der Waals surface area (Å²) < 4.78 is 5.06. The molecular formula is C14H22N4O2. The molecule has 1 aromatic rings. The molecule has 110 valence electrons. The first-order valence-electron chi connectivity index (χ1n) is 6.63. The summed E-state index contributed by atoms with van der Waals surface area (Å²) in [6.45, 7) is 3.07. The second kappa shape index (κ2) is 8.79. The lowest BCUT2D eigenvalue weighted by Crippen LogP contribution is -2.26. The quantitative estimate of drug-likeness (QED) is 0.518. The van der Waals surface area contributed by atoms with E-state index in [1.54, 1.807) is 7.11 Å². The van der Waals surface area contributed by atoms with E-state index >= 15 is 0 Å². The van der Waals surface area contributed by atoms with Gasteiger partial charge in [-0.3, -0.25) is 9.79 Å². The predicted molar refractivity (Wildman–Crippen MR) is 81.0 cm³/mol. The minimum atomic E-state index is -0.00662. The first-order valence-corrected chi connectivity index (χ1v) is 6.63. The van der Waals surface area contributed by atoms with E-state index in [1.165, 1.54) is 0 Å². The van der Waals surface area contributed by atoms with Crippen LogP contribution in [0.5, 0.6) is 5.75 Å². The van der Waals surface area contributed by atoms with Crippen molar-refractivity contribution in [1.29, 1.82) is 0 Å². The van der Waals surface area contributed by atoms with Crippen molar-refractivity contribution in [1.82, 2.24) is 5.32 Å². The molecule has 0 saturated carbocycles. The van der Waals surface area contributed by atoms with Crippen LogP contribution in [-0.2, 0) is 4.79 Å². The molecule has 0 fully saturated rings. The third-order valence-electron chi connectivity index (χ3n) is 2.56. The molecule has 4 N–H and O–H groups in total. The van der Waals surface area contributed by atoms with Crippen LogP contribution in [0.1, 0.15) is 19.8 Å². The van der Waals surface area contributed by atoms with Gasteiger partial charge in [0.25, 0.3) is 0 Å². The molecule has 0 radical (unpaired) electrons. The highest BCUT2D eigenvalue weighted by Crippen LogP contribution is 2.14. The molecule has 1 rings (SSSR count). The van der Waals surface area contributed by atoms with E-state index < -0.39 is 0 Å². The Morgan fingerprint density at radius 1 is 1.35 bits per heavy atom. The fraction of sp³-hybridized carbons (Fsp3) is 0.429. The van der Waals surface area contributed by atoms with Crippen molar-refractivity contribution in [3.8, 4) is 5.75 Å². The number of carbonyl (C=O) groups excluding carboxylic acids is 1. The molecule has 0 saturated heterocycles. The van der Waals surface area contributed by atoms with Crippen molar-refractivity contribution in [2.75, 3.05) is 25.5 Å². The standard InChI is InChI=1S/C14H22N4O2/c1-3-9-16-13(19)8-10-17-14(15)18-11-4-6-12(20-2)7-5-11/h4-7H,3,8-10H2,1-2H3,(H,16,19)(H3,15,17,18). The largest absolute Gasteiger partial charge is 0.497 e. The zero-order chi connectivity index (χ0) is 14.8. The van der Waals surface area contributed by atoms with Crippen molar-refractivity contribution >= 4 is 17.6 Å². The highest BCUT2D eigenvalue weighted by Gasteiger charge is 2.00. The average Bonchev–Trinajstić information content (AvgIpc) is 2.46. The van der Waals surface area contributed by atoms with Gasteiger partial charge in [0.2, 0.25) is 5.91 Å². The van der Waals surface area contributed by atoms with E-state index in [0.717, 1.165) is 17.9 Å². The first-order chi connectivity index (χ1) is 9.65. The van der Waals surface area contributed by atoms with Crippen molar-refractivity contribution in [2.24, 2.45) is 10.7 Å². The van der Waals surface area contributed by atoms with Gasteiger partial charge in [0, 0.05) is 18.7 Å². The van der Waals surface area contributed by atoms with Gasteiger partial charge in [-0.1, -0.05) is 6.92 Å². The van der Waals surface area contributed by atoms with E-state index in [0.29, 0.717) is 25.5 Å². The molecule has 0 aromatic heterocycles. The molecule has 0 atom stereocenters. The summed E-state index contributed by atoms with van der Waals surface area (Å²) in [5.41, 5.74) is 6.56. The smallest absolute Gasteiger partial charge is 0.221 e. The number of nitrogens with one attached hydrogen (secondary N) is 2. The molecule has 0 unspecified atom stereocenters. The number of aliphatic imine (C=N–C) groups is 1. The van der Waals surface area contributed by atoms with Gasteiger partial charge in [-0.25, -0.2) is 0 Å². The van der Waals surface area contributed by atoms with Gasteiger partial charge >= 0.3 is 0 Å². The van der Waals surface area contributed by atoms with E-state index in [1.807, 2.05) is 31.2 Å². The third-order valence-corrected chi connectivity index (χ3v) is 2.56. The molecule has 0 bridgehead atoms. The second-order valence-corrected chi connectivity index (χ2v) is 4.22. The number of hydrogen-bond acceptors (Lipinski definition) is 3. The van der Waals surface area contributed by atoms with E-state index in [9.17, 15) is 4.79 Å². The molecule has 1 amide bonds. The van der Waals surface area contributed by atoms with Gasteiger partial charge in [-0.2, -0.15) is 0 Å². The van der Waals surface area contributed by atoms with Gasteiger partial charge in [0.15, 0.2) is 5.96 Å². The molecule has 6 heteroatoms. The number of benzene rings is 1. The number of carbonyl (C=O) groups is 1. The lowest BCUT2D eigenvalue weighted by Gasteiger charge is -2.06. The van der Waals surface area contributed by atoms with Crippen LogP contribution in [-0.4, -0.2) is 32.1 Å². The summed E-state index contributed by atoms with van der Waals surface area (Å²) in [7, 11) is 1.61. The third kappa shape index (κ3) is 6.08. The Bertz CT molecular complexity index is 443. The normalized spacial score (nSPS) is 11.0. The molecule has 1 aromatic carbocycles. The number of nitrogens with zero attached hydrogens (tertiary/aromatic N) is 1. The van der Waals surface area contributed by atoms with Crippen LogP contribution in [0.15, 0.2) is 29.3 Å². The van der Waals surface area contributed by atoms with Crippen LogP contribution in [0.3, 0.4) is 0 Å². The van der Waals surface area contributed by atoms with Crippen LogP contribution >= 0.6 is 0 Å². The number of nitrogens with two attached hydrogens (primary N) is 1. The molecule has 6 nitrogen and oxygen atoms in total.